The number of benzene rings is 3. The predicted molar refractivity (Wildman–Crippen MR) is 132 cm³/mol. The lowest BCUT2D eigenvalue weighted by molar-refractivity contribution is 0.171. The van der Waals surface area contributed by atoms with Gasteiger partial charge in [0.15, 0.2) is 23.0 Å². The molecular weight excluding hydrogens is 466 g/mol. The number of hydrogen-bond donors (Lipinski definition) is 1. The number of sulfonamides is 1. The van der Waals surface area contributed by atoms with Crippen LogP contribution in [0.1, 0.15) is 36.1 Å². The highest BCUT2D eigenvalue weighted by Gasteiger charge is 2.27. The number of aryl methyl sites for hydroxylation is 1. The van der Waals surface area contributed by atoms with E-state index in [0.29, 0.717) is 67.8 Å². The van der Waals surface area contributed by atoms with Gasteiger partial charge in [0.2, 0.25) is 10.0 Å². The summed E-state index contributed by atoms with van der Waals surface area (Å²) in [5.41, 5.74) is 2.50. The fourth-order valence-electron chi connectivity index (χ4n) is 4.36. The Kier molecular flexibility index (Phi) is 6.83. The second kappa shape index (κ2) is 10.2. The SMILES string of the molecule is CCc1cc2c(cc1S(=O)(=O)NC(Cc1ccccc1)c1ccc3c(c1)OCCCO3)OCCO2. The van der Waals surface area contributed by atoms with Crippen molar-refractivity contribution in [3.63, 3.8) is 0 Å². The maximum absolute atomic E-state index is 13.8. The summed E-state index contributed by atoms with van der Waals surface area (Å²) in [5, 5.41) is 0. The number of rotatable bonds is 7. The van der Waals surface area contributed by atoms with E-state index >= 15 is 0 Å². The minimum absolute atomic E-state index is 0.205. The van der Waals surface area contributed by atoms with Gasteiger partial charge >= 0.3 is 0 Å². The van der Waals surface area contributed by atoms with Crippen molar-refractivity contribution >= 4 is 10.0 Å². The van der Waals surface area contributed by atoms with Crippen LogP contribution in [0.25, 0.3) is 0 Å². The third-order valence-electron chi connectivity index (χ3n) is 6.15. The Morgan fingerprint density at radius 2 is 1.46 bits per heavy atom. The van der Waals surface area contributed by atoms with Crippen LogP contribution in [0.5, 0.6) is 23.0 Å². The molecule has 0 saturated carbocycles. The molecule has 2 aliphatic rings. The molecule has 5 rings (SSSR count). The molecule has 35 heavy (non-hydrogen) atoms. The van der Waals surface area contributed by atoms with E-state index in [1.807, 2.05) is 55.5 Å². The number of fused-ring (bicyclic) bond motifs is 2. The quantitative estimate of drug-likeness (QED) is 0.522. The molecule has 0 radical (unpaired) electrons. The van der Waals surface area contributed by atoms with Crippen molar-refractivity contribution in [2.75, 3.05) is 26.4 Å². The van der Waals surface area contributed by atoms with Crippen LogP contribution in [0.3, 0.4) is 0 Å². The zero-order chi connectivity index (χ0) is 24.3. The lowest BCUT2D eigenvalue weighted by Gasteiger charge is -2.24. The normalized spacial score (nSPS) is 15.8. The minimum atomic E-state index is -3.89. The van der Waals surface area contributed by atoms with Gasteiger partial charge in [-0.1, -0.05) is 43.3 Å². The van der Waals surface area contributed by atoms with Gasteiger partial charge in [0.1, 0.15) is 13.2 Å². The molecule has 0 saturated heterocycles. The zero-order valence-electron chi connectivity index (χ0n) is 19.7. The molecule has 0 bridgehead atoms. The lowest BCUT2D eigenvalue weighted by atomic mass is 9.99. The fourth-order valence-corrected chi connectivity index (χ4v) is 5.90. The van der Waals surface area contributed by atoms with Crippen LogP contribution in [0, 0.1) is 0 Å². The molecular formula is C27H29NO6S. The summed E-state index contributed by atoms with van der Waals surface area (Å²) >= 11 is 0. The first-order valence-corrected chi connectivity index (χ1v) is 13.4. The smallest absolute Gasteiger partial charge is 0.241 e. The predicted octanol–water partition coefficient (Wildman–Crippen LogP) is 4.44. The molecule has 1 N–H and O–H groups in total. The summed E-state index contributed by atoms with van der Waals surface area (Å²) in [4.78, 5) is 0.205. The van der Waals surface area contributed by atoms with Gasteiger partial charge in [0.05, 0.1) is 24.2 Å². The summed E-state index contributed by atoms with van der Waals surface area (Å²) in [7, 11) is -3.89. The Morgan fingerprint density at radius 3 is 2.20 bits per heavy atom. The van der Waals surface area contributed by atoms with Crippen molar-refractivity contribution in [2.45, 2.75) is 37.1 Å². The fraction of sp³-hybridized carbons (Fsp3) is 0.333. The summed E-state index contributed by atoms with van der Waals surface area (Å²) in [6, 6.07) is 18.3. The molecule has 1 unspecified atom stereocenters. The molecule has 0 spiro atoms. The largest absolute Gasteiger partial charge is 0.490 e. The molecule has 0 fully saturated rings. The second-order valence-corrected chi connectivity index (χ2v) is 10.3. The molecule has 8 heteroatoms. The molecule has 0 aromatic heterocycles. The van der Waals surface area contributed by atoms with Crippen molar-refractivity contribution in [3.8, 4) is 23.0 Å². The van der Waals surface area contributed by atoms with E-state index in [4.69, 9.17) is 18.9 Å². The molecule has 3 aromatic rings. The Labute approximate surface area is 206 Å². The standard InChI is InChI=1S/C27H29NO6S/c1-2-20-16-25-26(34-14-13-33-25)18-27(20)35(29,30)28-22(15-19-7-4-3-5-8-19)21-9-10-23-24(17-21)32-12-6-11-31-23/h3-5,7-10,16-18,22,28H,2,6,11-15H2,1H3. The van der Waals surface area contributed by atoms with Crippen LogP contribution in [0.4, 0.5) is 0 Å². The van der Waals surface area contributed by atoms with Crippen molar-refractivity contribution in [1.82, 2.24) is 4.72 Å². The van der Waals surface area contributed by atoms with Gasteiger partial charge < -0.3 is 18.9 Å². The van der Waals surface area contributed by atoms with E-state index in [2.05, 4.69) is 4.72 Å². The van der Waals surface area contributed by atoms with Crippen molar-refractivity contribution in [3.05, 3.63) is 77.4 Å². The molecule has 0 amide bonds. The third kappa shape index (κ3) is 5.23. The highest BCUT2D eigenvalue weighted by atomic mass is 32.2. The van der Waals surface area contributed by atoms with Crippen LogP contribution in [-0.4, -0.2) is 34.8 Å². The average molecular weight is 496 g/mol. The van der Waals surface area contributed by atoms with Gasteiger partial charge in [-0.05, 0) is 47.7 Å². The molecule has 184 valence electrons. The highest BCUT2D eigenvalue weighted by molar-refractivity contribution is 7.89. The molecule has 0 aliphatic carbocycles. The maximum atomic E-state index is 13.8. The highest BCUT2D eigenvalue weighted by Crippen LogP contribution is 2.37. The van der Waals surface area contributed by atoms with E-state index < -0.39 is 16.1 Å². The molecule has 3 aromatic carbocycles. The van der Waals surface area contributed by atoms with Crippen molar-refractivity contribution in [1.29, 1.82) is 0 Å². The van der Waals surface area contributed by atoms with E-state index in [9.17, 15) is 8.42 Å². The number of nitrogens with one attached hydrogen (secondary N) is 1. The van der Waals surface area contributed by atoms with Crippen molar-refractivity contribution < 1.29 is 27.4 Å². The Bertz CT molecular complexity index is 1290. The van der Waals surface area contributed by atoms with Gasteiger partial charge in [-0.25, -0.2) is 13.1 Å². The Morgan fingerprint density at radius 1 is 0.800 bits per heavy atom. The molecule has 2 heterocycles. The first kappa shape index (κ1) is 23.5. The van der Waals surface area contributed by atoms with Crippen molar-refractivity contribution in [2.24, 2.45) is 0 Å². The summed E-state index contributed by atoms with van der Waals surface area (Å²) in [6.07, 6.45) is 1.82. The Balaban J connectivity index is 1.52. The molecule has 7 nitrogen and oxygen atoms in total. The summed E-state index contributed by atoms with van der Waals surface area (Å²) in [6.45, 7) is 3.91. The monoisotopic (exact) mass is 495 g/mol. The van der Waals surface area contributed by atoms with Crippen LogP contribution in [0.15, 0.2) is 65.6 Å². The van der Waals surface area contributed by atoms with Gasteiger partial charge in [0, 0.05) is 12.5 Å². The first-order chi connectivity index (χ1) is 17.0. The van der Waals surface area contributed by atoms with Gasteiger partial charge in [-0.15, -0.1) is 0 Å². The van der Waals surface area contributed by atoms with E-state index in [0.717, 1.165) is 17.5 Å². The number of ether oxygens (including phenoxy) is 4. The minimum Gasteiger partial charge on any atom is -0.490 e. The third-order valence-corrected chi connectivity index (χ3v) is 7.70. The van der Waals surface area contributed by atoms with E-state index in [1.165, 1.54) is 0 Å². The molecule has 1 atom stereocenters. The zero-order valence-corrected chi connectivity index (χ0v) is 20.5. The lowest BCUT2D eigenvalue weighted by Crippen LogP contribution is -2.31. The maximum Gasteiger partial charge on any atom is 0.241 e. The number of hydrogen-bond acceptors (Lipinski definition) is 6. The van der Waals surface area contributed by atoms with E-state index in [-0.39, 0.29) is 4.90 Å². The van der Waals surface area contributed by atoms with E-state index in [1.54, 1.807) is 12.1 Å². The van der Waals surface area contributed by atoms with Crippen LogP contribution < -0.4 is 23.7 Å². The van der Waals surface area contributed by atoms with Crippen LogP contribution in [0.2, 0.25) is 0 Å². The first-order valence-electron chi connectivity index (χ1n) is 11.9. The second-order valence-electron chi connectivity index (χ2n) is 8.58. The Hall–Kier alpha value is -3.23. The van der Waals surface area contributed by atoms with Crippen LogP contribution in [-0.2, 0) is 22.9 Å². The van der Waals surface area contributed by atoms with Gasteiger partial charge in [0.25, 0.3) is 0 Å². The summed E-state index contributed by atoms with van der Waals surface area (Å²) in [5.74, 6) is 2.33. The van der Waals surface area contributed by atoms with Crippen LogP contribution >= 0.6 is 0 Å². The molecule has 2 aliphatic heterocycles. The summed E-state index contributed by atoms with van der Waals surface area (Å²) < 4.78 is 53.4. The average Bonchev–Trinajstić information content (AvgIpc) is 3.13. The van der Waals surface area contributed by atoms with Gasteiger partial charge in [-0.3, -0.25) is 0 Å². The van der Waals surface area contributed by atoms with Gasteiger partial charge in [-0.2, -0.15) is 0 Å². The topological polar surface area (TPSA) is 83.1 Å².